The highest BCUT2D eigenvalue weighted by Gasteiger charge is 2.65. The number of allylic oxidation sites excluding steroid dienone is 7. The van der Waals surface area contributed by atoms with Crippen LogP contribution in [0.2, 0.25) is 0 Å². The van der Waals surface area contributed by atoms with E-state index in [1.54, 1.807) is 12.2 Å². The summed E-state index contributed by atoms with van der Waals surface area (Å²) >= 11 is 0. The number of esters is 1. The maximum Gasteiger partial charge on any atom is 0.314 e. The Kier molecular flexibility index (Phi) is 4.23. The van der Waals surface area contributed by atoms with Gasteiger partial charge in [-0.3, -0.25) is 14.4 Å². The minimum atomic E-state index is -0.441. The molecule has 0 aromatic heterocycles. The minimum absolute atomic E-state index is 0.00431. The zero-order chi connectivity index (χ0) is 22.3. The van der Waals surface area contributed by atoms with E-state index in [2.05, 4.69) is 19.9 Å². The lowest BCUT2D eigenvalue weighted by molar-refractivity contribution is -0.152. The summed E-state index contributed by atoms with van der Waals surface area (Å²) in [6.45, 7) is 4.45. The fraction of sp³-hybridized carbons (Fsp3) is 0.607. The van der Waals surface area contributed by atoms with Gasteiger partial charge in [-0.1, -0.05) is 30.2 Å². The Labute approximate surface area is 189 Å². The third-order valence-corrected chi connectivity index (χ3v) is 9.83. The van der Waals surface area contributed by atoms with Gasteiger partial charge in [-0.2, -0.15) is 0 Å². The van der Waals surface area contributed by atoms with Crippen molar-refractivity contribution in [3.05, 3.63) is 46.6 Å². The number of rotatable bonds is 2. The van der Waals surface area contributed by atoms with E-state index in [-0.39, 0.29) is 28.7 Å². The number of carbonyl (C=O) groups is 3. The van der Waals surface area contributed by atoms with Crippen LogP contribution in [0, 0.1) is 22.2 Å². The lowest BCUT2D eigenvalue weighted by Gasteiger charge is -2.51. The summed E-state index contributed by atoms with van der Waals surface area (Å²) in [5.41, 5.74) is 3.63. The van der Waals surface area contributed by atoms with Crippen molar-refractivity contribution >= 4 is 17.5 Å². The lowest BCUT2D eigenvalue weighted by Crippen LogP contribution is -2.46. The summed E-state index contributed by atoms with van der Waals surface area (Å²) in [6, 6.07) is 0. The maximum atomic E-state index is 13.6. The van der Waals surface area contributed by atoms with E-state index >= 15 is 0 Å². The molecule has 4 heteroatoms. The average molecular weight is 433 g/mol. The predicted octanol–water partition coefficient (Wildman–Crippen LogP) is 5.34. The third kappa shape index (κ3) is 2.47. The van der Waals surface area contributed by atoms with Gasteiger partial charge in [0.05, 0.1) is 11.3 Å². The fourth-order valence-corrected chi connectivity index (χ4v) is 7.94. The first kappa shape index (κ1) is 20.4. The van der Waals surface area contributed by atoms with E-state index in [9.17, 15) is 14.4 Å². The van der Waals surface area contributed by atoms with Crippen LogP contribution >= 0.6 is 0 Å². The van der Waals surface area contributed by atoms with Crippen LogP contribution < -0.4 is 0 Å². The number of Topliss-reactive ketones (excluding diaryl/α,β-unsaturated/α-hetero) is 1. The molecule has 168 valence electrons. The van der Waals surface area contributed by atoms with Crippen LogP contribution in [0.1, 0.15) is 78.1 Å². The van der Waals surface area contributed by atoms with Gasteiger partial charge in [0.25, 0.3) is 0 Å². The summed E-state index contributed by atoms with van der Waals surface area (Å²) in [5, 5.41) is 0. The highest BCUT2D eigenvalue weighted by atomic mass is 16.5. The smallest absolute Gasteiger partial charge is 0.314 e. The second-order valence-electron chi connectivity index (χ2n) is 11.3. The van der Waals surface area contributed by atoms with Gasteiger partial charge in [-0.15, -0.1) is 0 Å². The zero-order valence-corrected chi connectivity index (χ0v) is 19.2. The molecule has 0 aromatic rings. The largest absolute Gasteiger partial charge is 0.462 e. The first-order chi connectivity index (χ1) is 15.3. The summed E-state index contributed by atoms with van der Waals surface area (Å²) in [5.74, 6) is -0.218. The SMILES string of the molecule is CC12C=CC(=O)C=C1C[C@@H](C(=O)OC1CCCC1)C1=C2CC[C@@]23C(=O)CC[C@]2(C)CC=C13. The molecule has 4 atom stereocenters. The van der Waals surface area contributed by atoms with E-state index in [1.807, 2.05) is 6.08 Å². The minimum Gasteiger partial charge on any atom is -0.462 e. The van der Waals surface area contributed by atoms with E-state index in [0.29, 0.717) is 18.6 Å². The van der Waals surface area contributed by atoms with Gasteiger partial charge in [-0.25, -0.2) is 0 Å². The van der Waals surface area contributed by atoms with Crippen molar-refractivity contribution < 1.29 is 19.1 Å². The van der Waals surface area contributed by atoms with Crippen molar-refractivity contribution in [2.75, 3.05) is 0 Å². The van der Waals surface area contributed by atoms with Gasteiger partial charge in [0, 0.05) is 11.8 Å². The molecule has 2 saturated carbocycles. The van der Waals surface area contributed by atoms with Crippen LogP contribution in [-0.2, 0) is 19.1 Å². The number of hydrogen-bond donors (Lipinski definition) is 0. The van der Waals surface area contributed by atoms with Crippen LogP contribution in [0.3, 0.4) is 0 Å². The second-order valence-corrected chi connectivity index (χ2v) is 11.3. The van der Waals surface area contributed by atoms with Crippen LogP contribution in [0.4, 0.5) is 0 Å². The molecule has 1 spiro atoms. The molecule has 2 fully saturated rings. The molecule has 0 bridgehead atoms. The molecule has 0 aliphatic heterocycles. The van der Waals surface area contributed by atoms with Crippen LogP contribution in [0.15, 0.2) is 46.6 Å². The van der Waals surface area contributed by atoms with Gasteiger partial charge >= 0.3 is 5.97 Å². The predicted molar refractivity (Wildman–Crippen MR) is 121 cm³/mol. The van der Waals surface area contributed by atoms with Crippen molar-refractivity contribution in [2.24, 2.45) is 22.2 Å². The van der Waals surface area contributed by atoms with E-state index in [4.69, 9.17) is 4.74 Å². The van der Waals surface area contributed by atoms with E-state index < -0.39 is 11.3 Å². The standard InChI is InChI=1S/C28H32O4/c1-26-11-8-22-24-20(25(31)32-19-5-3-4-6-19)16-17-15-18(29)7-13-27(17,2)21(24)9-14-28(22,26)23(30)10-12-26/h7-8,13,15,19-20H,3-6,9-12,14,16H2,1-2H3/t20-,26+,27?,28-/m1/s1. The first-order valence-electron chi connectivity index (χ1n) is 12.4. The van der Waals surface area contributed by atoms with Crippen molar-refractivity contribution in [3.8, 4) is 0 Å². The zero-order valence-electron chi connectivity index (χ0n) is 19.2. The lowest BCUT2D eigenvalue weighted by atomic mass is 9.51. The Hall–Kier alpha value is -2.23. The Morgan fingerprint density at radius 3 is 2.66 bits per heavy atom. The molecule has 0 aromatic carbocycles. The topological polar surface area (TPSA) is 60.4 Å². The fourth-order valence-electron chi connectivity index (χ4n) is 7.94. The molecule has 0 radical (unpaired) electrons. The molecule has 0 amide bonds. The van der Waals surface area contributed by atoms with Crippen LogP contribution in [0.25, 0.3) is 0 Å². The molecular formula is C28H32O4. The molecule has 0 N–H and O–H groups in total. The number of ketones is 2. The average Bonchev–Trinajstić information content (AvgIpc) is 3.44. The van der Waals surface area contributed by atoms with Crippen molar-refractivity contribution in [3.63, 3.8) is 0 Å². The van der Waals surface area contributed by atoms with E-state index in [0.717, 1.165) is 68.1 Å². The van der Waals surface area contributed by atoms with Gasteiger partial charge in [0.15, 0.2) is 5.78 Å². The molecule has 0 saturated heterocycles. The van der Waals surface area contributed by atoms with Gasteiger partial charge < -0.3 is 4.74 Å². The Bertz CT molecular complexity index is 1060. The normalized spacial score (nSPS) is 40.5. The van der Waals surface area contributed by atoms with Crippen molar-refractivity contribution in [1.29, 1.82) is 0 Å². The summed E-state index contributed by atoms with van der Waals surface area (Å²) < 4.78 is 6.03. The number of ether oxygens (including phenoxy) is 1. The van der Waals surface area contributed by atoms with Gasteiger partial charge in [-0.05, 0) is 93.4 Å². The molecular weight excluding hydrogens is 400 g/mol. The highest BCUT2D eigenvalue weighted by molar-refractivity contribution is 6.02. The summed E-state index contributed by atoms with van der Waals surface area (Å²) in [4.78, 5) is 39.3. The molecule has 6 rings (SSSR count). The highest BCUT2D eigenvalue weighted by Crippen LogP contribution is 2.70. The van der Waals surface area contributed by atoms with Crippen molar-refractivity contribution in [1.82, 2.24) is 0 Å². The van der Waals surface area contributed by atoms with Gasteiger partial charge in [0.2, 0.25) is 0 Å². The number of carbonyl (C=O) groups excluding carboxylic acids is 3. The third-order valence-electron chi connectivity index (χ3n) is 9.83. The maximum absolute atomic E-state index is 13.6. The number of hydrogen-bond acceptors (Lipinski definition) is 4. The first-order valence-corrected chi connectivity index (χ1v) is 12.4. The Balaban J connectivity index is 1.50. The molecule has 1 unspecified atom stereocenters. The monoisotopic (exact) mass is 432 g/mol. The van der Waals surface area contributed by atoms with Crippen molar-refractivity contribution in [2.45, 2.75) is 84.2 Å². The van der Waals surface area contributed by atoms with Crippen LogP contribution in [-0.4, -0.2) is 23.6 Å². The molecule has 32 heavy (non-hydrogen) atoms. The quantitative estimate of drug-likeness (QED) is 0.553. The van der Waals surface area contributed by atoms with E-state index in [1.165, 1.54) is 5.57 Å². The Morgan fingerprint density at radius 2 is 1.88 bits per heavy atom. The van der Waals surface area contributed by atoms with Gasteiger partial charge in [0.1, 0.15) is 11.9 Å². The molecule has 0 heterocycles. The molecule has 6 aliphatic rings. The molecule has 6 aliphatic carbocycles. The number of fused-ring (bicyclic) bond motifs is 3. The summed E-state index contributed by atoms with van der Waals surface area (Å²) in [7, 11) is 0. The molecule has 4 nitrogen and oxygen atoms in total. The summed E-state index contributed by atoms with van der Waals surface area (Å²) in [6.07, 6.45) is 16.4. The van der Waals surface area contributed by atoms with Crippen LogP contribution in [0.5, 0.6) is 0 Å². The Morgan fingerprint density at radius 1 is 1.09 bits per heavy atom. The second kappa shape index (κ2) is 6.65.